The van der Waals surface area contributed by atoms with Gasteiger partial charge in [-0.15, -0.1) is 0 Å². The Kier molecular flexibility index (Phi) is 2.59. The summed E-state index contributed by atoms with van der Waals surface area (Å²) in [5.74, 6) is 0.766. The molecule has 1 saturated carbocycles. The molecule has 1 aromatic rings. The molecule has 1 fully saturated rings. The highest BCUT2D eigenvalue weighted by Crippen LogP contribution is 2.31. The Labute approximate surface area is 96.2 Å². The van der Waals surface area contributed by atoms with Gasteiger partial charge in [0.05, 0.1) is 11.7 Å². The van der Waals surface area contributed by atoms with E-state index in [1.165, 1.54) is 43.4 Å². The van der Waals surface area contributed by atoms with Crippen molar-refractivity contribution in [2.45, 2.75) is 51.1 Å². The van der Waals surface area contributed by atoms with Crippen molar-refractivity contribution in [1.82, 2.24) is 15.1 Å². The van der Waals surface area contributed by atoms with Crippen LogP contribution in [0.1, 0.15) is 49.4 Å². The molecule has 2 aliphatic rings. The zero-order valence-corrected chi connectivity index (χ0v) is 9.71. The van der Waals surface area contributed by atoms with Gasteiger partial charge >= 0.3 is 0 Å². The van der Waals surface area contributed by atoms with Crippen molar-refractivity contribution in [3.05, 3.63) is 11.3 Å². The Morgan fingerprint density at radius 2 is 2.06 bits per heavy atom. The summed E-state index contributed by atoms with van der Waals surface area (Å²) in [7, 11) is 0. The molecule has 0 saturated heterocycles. The van der Waals surface area contributed by atoms with Gasteiger partial charge in [-0.2, -0.15) is 5.10 Å². The predicted octanol–water partition coefficient (Wildman–Crippen LogP) is 1.62. The van der Waals surface area contributed by atoms with Crippen LogP contribution in [-0.4, -0.2) is 16.3 Å². The quantitative estimate of drug-likeness (QED) is 0.756. The molecule has 3 N–H and O–H groups in total. The number of nitrogens with two attached hydrogens (primary N) is 1. The Bertz CT molecular complexity index is 377. The molecule has 0 unspecified atom stereocenters. The lowest BCUT2D eigenvalue weighted by Gasteiger charge is -2.25. The fourth-order valence-electron chi connectivity index (χ4n) is 3.03. The molecule has 4 heteroatoms. The van der Waals surface area contributed by atoms with Crippen LogP contribution in [0, 0.1) is 0 Å². The van der Waals surface area contributed by atoms with Crippen LogP contribution < -0.4 is 11.1 Å². The van der Waals surface area contributed by atoms with Gasteiger partial charge < -0.3 is 11.1 Å². The van der Waals surface area contributed by atoms with Gasteiger partial charge in [0.15, 0.2) is 0 Å². The first-order valence-corrected chi connectivity index (χ1v) is 6.42. The van der Waals surface area contributed by atoms with E-state index < -0.39 is 0 Å². The van der Waals surface area contributed by atoms with E-state index in [9.17, 15) is 0 Å². The molecule has 1 aromatic heterocycles. The molecule has 0 bridgehead atoms. The van der Waals surface area contributed by atoms with E-state index in [0.29, 0.717) is 6.04 Å². The molecule has 0 radical (unpaired) electrons. The molecular formula is C12H20N4. The Morgan fingerprint density at radius 1 is 1.25 bits per heavy atom. The van der Waals surface area contributed by atoms with Crippen LogP contribution in [-0.2, 0) is 13.0 Å². The zero-order valence-electron chi connectivity index (χ0n) is 9.71. The number of fused-ring (bicyclic) bond motifs is 1. The summed E-state index contributed by atoms with van der Waals surface area (Å²) >= 11 is 0. The lowest BCUT2D eigenvalue weighted by atomic mass is 9.95. The maximum atomic E-state index is 6.01. The summed E-state index contributed by atoms with van der Waals surface area (Å²) in [6.07, 6.45) is 7.64. The van der Waals surface area contributed by atoms with Crippen LogP contribution in [0.15, 0.2) is 0 Å². The largest absolute Gasteiger partial charge is 0.382 e. The summed E-state index contributed by atoms with van der Waals surface area (Å²) in [6.45, 7) is 1.98. The van der Waals surface area contributed by atoms with Crippen molar-refractivity contribution >= 4 is 5.82 Å². The summed E-state index contributed by atoms with van der Waals surface area (Å²) < 4.78 is 2.22. The minimum absolute atomic E-state index is 0.597. The predicted molar refractivity (Wildman–Crippen MR) is 64.2 cm³/mol. The van der Waals surface area contributed by atoms with E-state index in [-0.39, 0.29) is 0 Å². The summed E-state index contributed by atoms with van der Waals surface area (Å²) in [5.41, 5.74) is 8.65. The molecule has 3 rings (SSSR count). The fourth-order valence-corrected chi connectivity index (χ4v) is 3.03. The second-order valence-electron chi connectivity index (χ2n) is 4.97. The SMILES string of the molecule is Nc1nn(C2CCCCC2)c2c1CCNC2. The van der Waals surface area contributed by atoms with E-state index in [1.54, 1.807) is 0 Å². The third kappa shape index (κ3) is 1.61. The molecule has 88 valence electrons. The Balaban J connectivity index is 1.93. The molecule has 0 spiro atoms. The number of nitrogens with one attached hydrogen (secondary N) is 1. The summed E-state index contributed by atoms with van der Waals surface area (Å²) in [5, 5.41) is 7.99. The molecule has 4 nitrogen and oxygen atoms in total. The van der Waals surface area contributed by atoms with E-state index in [1.807, 2.05) is 0 Å². The normalized spacial score (nSPS) is 22.0. The van der Waals surface area contributed by atoms with Gasteiger partial charge in [0.1, 0.15) is 5.82 Å². The molecule has 16 heavy (non-hydrogen) atoms. The molecule has 0 aromatic carbocycles. The van der Waals surface area contributed by atoms with Crippen molar-refractivity contribution < 1.29 is 0 Å². The standard InChI is InChI=1S/C12H20N4/c13-12-10-6-7-14-8-11(10)16(15-12)9-4-2-1-3-5-9/h9,14H,1-8H2,(H2,13,15). The average Bonchev–Trinajstić information content (AvgIpc) is 2.69. The van der Waals surface area contributed by atoms with Crippen molar-refractivity contribution in [3.63, 3.8) is 0 Å². The van der Waals surface area contributed by atoms with Gasteiger partial charge in [-0.25, -0.2) is 0 Å². The molecule has 1 aliphatic heterocycles. The van der Waals surface area contributed by atoms with Crippen LogP contribution in [0.3, 0.4) is 0 Å². The van der Waals surface area contributed by atoms with Gasteiger partial charge in [-0.05, 0) is 25.8 Å². The van der Waals surface area contributed by atoms with Crippen molar-refractivity contribution in [1.29, 1.82) is 0 Å². The number of hydrogen-bond acceptors (Lipinski definition) is 3. The number of hydrogen-bond donors (Lipinski definition) is 2. The number of aromatic nitrogens is 2. The topological polar surface area (TPSA) is 55.9 Å². The maximum Gasteiger partial charge on any atom is 0.149 e. The van der Waals surface area contributed by atoms with Crippen molar-refractivity contribution in [3.8, 4) is 0 Å². The first kappa shape index (κ1) is 10.1. The molecular weight excluding hydrogens is 200 g/mol. The number of anilines is 1. The lowest BCUT2D eigenvalue weighted by Crippen LogP contribution is -2.27. The van der Waals surface area contributed by atoms with Crippen LogP contribution in [0.25, 0.3) is 0 Å². The van der Waals surface area contributed by atoms with E-state index in [4.69, 9.17) is 5.73 Å². The van der Waals surface area contributed by atoms with E-state index in [0.717, 1.165) is 25.3 Å². The van der Waals surface area contributed by atoms with Crippen LogP contribution in [0.4, 0.5) is 5.82 Å². The second kappa shape index (κ2) is 4.09. The van der Waals surface area contributed by atoms with Gasteiger partial charge in [0, 0.05) is 12.1 Å². The van der Waals surface area contributed by atoms with Crippen molar-refractivity contribution in [2.24, 2.45) is 0 Å². The molecule has 0 amide bonds. The number of rotatable bonds is 1. The zero-order chi connectivity index (χ0) is 11.0. The minimum Gasteiger partial charge on any atom is -0.382 e. The summed E-state index contributed by atoms with van der Waals surface area (Å²) in [4.78, 5) is 0. The molecule has 2 heterocycles. The van der Waals surface area contributed by atoms with Gasteiger partial charge in [-0.3, -0.25) is 4.68 Å². The second-order valence-corrected chi connectivity index (χ2v) is 4.97. The number of nitrogens with zero attached hydrogens (tertiary/aromatic N) is 2. The number of nitrogen functional groups attached to an aromatic ring is 1. The van der Waals surface area contributed by atoms with Gasteiger partial charge in [0.2, 0.25) is 0 Å². The molecule has 1 aliphatic carbocycles. The summed E-state index contributed by atoms with van der Waals surface area (Å²) in [6, 6.07) is 0.597. The van der Waals surface area contributed by atoms with Crippen LogP contribution in [0.2, 0.25) is 0 Å². The van der Waals surface area contributed by atoms with Gasteiger partial charge in [-0.1, -0.05) is 19.3 Å². The highest BCUT2D eigenvalue weighted by molar-refractivity contribution is 5.44. The highest BCUT2D eigenvalue weighted by Gasteiger charge is 2.24. The van der Waals surface area contributed by atoms with Gasteiger partial charge in [0.25, 0.3) is 0 Å². The fraction of sp³-hybridized carbons (Fsp3) is 0.750. The Hall–Kier alpha value is -1.03. The maximum absolute atomic E-state index is 6.01. The van der Waals surface area contributed by atoms with Crippen molar-refractivity contribution in [2.75, 3.05) is 12.3 Å². The third-order valence-corrected chi connectivity index (χ3v) is 3.91. The first-order valence-electron chi connectivity index (χ1n) is 6.42. The third-order valence-electron chi connectivity index (χ3n) is 3.91. The van der Waals surface area contributed by atoms with E-state index in [2.05, 4.69) is 15.1 Å². The monoisotopic (exact) mass is 220 g/mol. The van der Waals surface area contributed by atoms with Crippen LogP contribution in [0.5, 0.6) is 0 Å². The average molecular weight is 220 g/mol. The minimum atomic E-state index is 0.597. The Morgan fingerprint density at radius 3 is 2.88 bits per heavy atom. The van der Waals surface area contributed by atoms with Crippen LogP contribution >= 0.6 is 0 Å². The first-order chi connectivity index (χ1) is 7.86. The lowest BCUT2D eigenvalue weighted by molar-refractivity contribution is 0.319. The smallest absolute Gasteiger partial charge is 0.149 e. The molecule has 0 atom stereocenters. The van der Waals surface area contributed by atoms with E-state index >= 15 is 0 Å². The highest BCUT2D eigenvalue weighted by atomic mass is 15.3.